The summed E-state index contributed by atoms with van der Waals surface area (Å²) in [4.78, 5) is 4.00. The predicted molar refractivity (Wildman–Crippen MR) is 86.2 cm³/mol. The van der Waals surface area contributed by atoms with Crippen molar-refractivity contribution in [3.05, 3.63) is 59.1 Å². The van der Waals surface area contributed by atoms with Gasteiger partial charge >= 0.3 is 0 Å². The van der Waals surface area contributed by atoms with Crippen LogP contribution in [0.2, 0.25) is 5.02 Å². The second kappa shape index (κ2) is 6.37. The molecule has 21 heavy (non-hydrogen) atoms. The Balaban J connectivity index is 1.55. The molecule has 1 fully saturated rings. The number of anilines is 1. The first-order chi connectivity index (χ1) is 10.2. The number of benzene rings is 2. The van der Waals surface area contributed by atoms with Gasteiger partial charge in [0.2, 0.25) is 0 Å². The van der Waals surface area contributed by atoms with E-state index in [1.165, 1.54) is 11.3 Å². The van der Waals surface area contributed by atoms with E-state index in [1.807, 2.05) is 24.3 Å². The van der Waals surface area contributed by atoms with E-state index in [9.17, 15) is 5.11 Å². The Morgan fingerprint density at radius 3 is 2.19 bits per heavy atom. The molecular weight excluding hydrogens is 284 g/mol. The summed E-state index contributed by atoms with van der Waals surface area (Å²) in [6, 6.07) is 15.6. The number of phenols is 1. The van der Waals surface area contributed by atoms with Crippen LogP contribution in [0, 0.1) is 0 Å². The van der Waals surface area contributed by atoms with E-state index in [-0.39, 0.29) is 0 Å². The van der Waals surface area contributed by atoms with E-state index >= 15 is 0 Å². The Morgan fingerprint density at radius 2 is 1.57 bits per heavy atom. The number of hydrogen-bond acceptors (Lipinski definition) is 2. The number of nitrogens with zero attached hydrogens (tertiary/aromatic N) is 1. The molecule has 1 saturated heterocycles. The molecule has 2 N–H and O–H groups in total. The van der Waals surface area contributed by atoms with Gasteiger partial charge in [0.25, 0.3) is 0 Å². The van der Waals surface area contributed by atoms with Crippen molar-refractivity contribution in [2.75, 3.05) is 31.1 Å². The summed E-state index contributed by atoms with van der Waals surface area (Å²) in [5, 5.41) is 10.1. The molecule has 2 aromatic carbocycles. The molecule has 0 saturated carbocycles. The largest absolute Gasteiger partial charge is 0.508 e. The maximum Gasteiger partial charge on any atom is 0.115 e. The molecule has 2 aromatic rings. The zero-order valence-electron chi connectivity index (χ0n) is 11.9. The quantitative estimate of drug-likeness (QED) is 0.907. The van der Waals surface area contributed by atoms with Crippen molar-refractivity contribution in [3.63, 3.8) is 0 Å². The molecule has 0 unspecified atom stereocenters. The highest BCUT2D eigenvalue weighted by Gasteiger charge is 2.20. The van der Waals surface area contributed by atoms with E-state index < -0.39 is 0 Å². The van der Waals surface area contributed by atoms with Gasteiger partial charge in [-0.25, -0.2) is 0 Å². The lowest BCUT2D eigenvalue weighted by molar-refractivity contribution is -0.914. The molecule has 0 radical (unpaired) electrons. The number of quaternary nitrogens is 1. The number of nitrogens with one attached hydrogen (secondary N) is 1. The van der Waals surface area contributed by atoms with Crippen LogP contribution < -0.4 is 9.80 Å². The maximum absolute atomic E-state index is 9.32. The third kappa shape index (κ3) is 3.69. The molecule has 0 amide bonds. The first kappa shape index (κ1) is 14.2. The second-order valence-corrected chi connectivity index (χ2v) is 5.99. The number of halogens is 1. The summed E-state index contributed by atoms with van der Waals surface area (Å²) in [5.74, 6) is 0.335. The Labute approximate surface area is 130 Å². The molecule has 0 atom stereocenters. The Morgan fingerprint density at radius 1 is 0.952 bits per heavy atom. The minimum atomic E-state index is 0.335. The van der Waals surface area contributed by atoms with Crippen molar-refractivity contribution in [2.24, 2.45) is 0 Å². The second-order valence-electron chi connectivity index (χ2n) is 5.56. The predicted octanol–water partition coefficient (Wildman–Crippen LogP) is 1.95. The summed E-state index contributed by atoms with van der Waals surface area (Å²) in [6.07, 6.45) is 0. The maximum atomic E-state index is 9.32. The van der Waals surface area contributed by atoms with Crippen LogP contribution in [0.1, 0.15) is 5.56 Å². The fraction of sp³-hybridized carbons (Fsp3) is 0.294. The third-order valence-corrected chi connectivity index (χ3v) is 4.30. The Hall–Kier alpha value is -1.71. The highest BCUT2D eigenvalue weighted by Crippen LogP contribution is 2.17. The molecule has 0 aromatic heterocycles. The van der Waals surface area contributed by atoms with Crippen LogP contribution in [0.5, 0.6) is 5.75 Å². The lowest BCUT2D eigenvalue weighted by Crippen LogP contribution is -3.13. The van der Waals surface area contributed by atoms with E-state index in [0.717, 1.165) is 37.7 Å². The molecule has 3 rings (SSSR count). The molecular formula is C17H20ClN2O+. The van der Waals surface area contributed by atoms with Crippen molar-refractivity contribution in [2.45, 2.75) is 6.54 Å². The fourth-order valence-electron chi connectivity index (χ4n) is 2.81. The van der Waals surface area contributed by atoms with E-state index in [0.29, 0.717) is 5.75 Å². The van der Waals surface area contributed by atoms with E-state index in [4.69, 9.17) is 11.6 Å². The van der Waals surface area contributed by atoms with Gasteiger partial charge < -0.3 is 14.9 Å². The van der Waals surface area contributed by atoms with Crippen molar-refractivity contribution in [3.8, 4) is 5.75 Å². The summed E-state index contributed by atoms with van der Waals surface area (Å²) >= 11 is 5.93. The highest BCUT2D eigenvalue weighted by atomic mass is 35.5. The molecule has 0 aliphatic carbocycles. The number of phenolic OH excluding ortho intramolecular Hbond substituents is 1. The first-order valence-corrected chi connectivity index (χ1v) is 7.70. The van der Waals surface area contributed by atoms with Crippen LogP contribution in [-0.4, -0.2) is 31.3 Å². The van der Waals surface area contributed by atoms with Gasteiger partial charge in [-0.05, 0) is 48.5 Å². The van der Waals surface area contributed by atoms with Crippen molar-refractivity contribution in [1.29, 1.82) is 0 Å². The minimum Gasteiger partial charge on any atom is -0.508 e. The molecule has 110 valence electrons. The third-order valence-electron chi connectivity index (χ3n) is 4.05. The summed E-state index contributed by atoms with van der Waals surface area (Å²) in [6.45, 7) is 5.41. The number of hydrogen-bond donors (Lipinski definition) is 2. The van der Waals surface area contributed by atoms with Crippen molar-refractivity contribution in [1.82, 2.24) is 0 Å². The van der Waals surface area contributed by atoms with Gasteiger partial charge in [-0.1, -0.05) is 11.6 Å². The van der Waals surface area contributed by atoms with Gasteiger partial charge in [0.15, 0.2) is 0 Å². The van der Waals surface area contributed by atoms with Gasteiger partial charge in [-0.2, -0.15) is 0 Å². The van der Waals surface area contributed by atoms with Gasteiger partial charge in [0.05, 0.1) is 26.2 Å². The zero-order chi connectivity index (χ0) is 14.7. The number of rotatable bonds is 3. The minimum absolute atomic E-state index is 0.335. The average Bonchev–Trinajstić information content (AvgIpc) is 2.51. The van der Waals surface area contributed by atoms with Crippen LogP contribution >= 0.6 is 11.6 Å². The zero-order valence-corrected chi connectivity index (χ0v) is 12.7. The first-order valence-electron chi connectivity index (χ1n) is 7.33. The van der Waals surface area contributed by atoms with E-state index in [1.54, 1.807) is 17.0 Å². The standard InChI is InChI=1S/C17H19ClN2O/c18-15-3-5-16(6-4-15)20-11-9-19(10-12-20)13-14-1-7-17(21)8-2-14/h1-8,21H,9-13H2/p+1. The SMILES string of the molecule is Oc1ccc(C[NH+]2CCN(c3ccc(Cl)cc3)CC2)cc1. The average molecular weight is 304 g/mol. The Bertz CT molecular complexity index is 575. The lowest BCUT2D eigenvalue weighted by Gasteiger charge is -2.33. The summed E-state index contributed by atoms with van der Waals surface area (Å²) in [7, 11) is 0. The van der Waals surface area contributed by atoms with E-state index in [2.05, 4.69) is 17.0 Å². The number of aromatic hydroxyl groups is 1. The van der Waals surface area contributed by atoms with Gasteiger partial charge in [-0.15, -0.1) is 0 Å². The molecule has 0 spiro atoms. The van der Waals surface area contributed by atoms with Gasteiger partial charge in [-0.3, -0.25) is 0 Å². The fourth-order valence-corrected chi connectivity index (χ4v) is 2.94. The van der Waals surface area contributed by atoms with Gasteiger partial charge in [0.1, 0.15) is 12.3 Å². The van der Waals surface area contributed by atoms with Gasteiger partial charge in [0, 0.05) is 16.3 Å². The normalized spacial score (nSPS) is 16.1. The smallest absolute Gasteiger partial charge is 0.115 e. The van der Waals surface area contributed by atoms with Crippen LogP contribution in [0.25, 0.3) is 0 Å². The molecule has 1 heterocycles. The van der Waals surface area contributed by atoms with Crippen LogP contribution in [0.4, 0.5) is 5.69 Å². The van der Waals surface area contributed by atoms with Crippen molar-refractivity contribution < 1.29 is 10.0 Å². The molecule has 4 heteroatoms. The summed E-state index contributed by atoms with van der Waals surface area (Å²) in [5.41, 5.74) is 2.53. The lowest BCUT2D eigenvalue weighted by atomic mass is 10.2. The molecule has 1 aliphatic heterocycles. The van der Waals surface area contributed by atoms with Crippen LogP contribution in [0.15, 0.2) is 48.5 Å². The molecule has 0 bridgehead atoms. The topological polar surface area (TPSA) is 27.9 Å². The Kier molecular flexibility index (Phi) is 4.32. The summed E-state index contributed by atoms with van der Waals surface area (Å²) < 4.78 is 0. The molecule has 3 nitrogen and oxygen atoms in total. The monoisotopic (exact) mass is 303 g/mol. The van der Waals surface area contributed by atoms with Crippen molar-refractivity contribution >= 4 is 17.3 Å². The number of piperazine rings is 1. The molecule has 1 aliphatic rings. The highest BCUT2D eigenvalue weighted by molar-refractivity contribution is 6.30. The van der Waals surface area contributed by atoms with Crippen LogP contribution in [0.3, 0.4) is 0 Å². The van der Waals surface area contributed by atoms with Crippen LogP contribution in [-0.2, 0) is 6.54 Å².